The topological polar surface area (TPSA) is 169 Å². The van der Waals surface area contributed by atoms with E-state index in [0.29, 0.717) is 35.7 Å². The number of anilines is 1. The lowest BCUT2D eigenvalue weighted by Crippen LogP contribution is -2.56. The van der Waals surface area contributed by atoms with Crippen LogP contribution in [-0.4, -0.2) is 91.5 Å². The van der Waals surface area contributed by atoms with Gasteiger partial charge in [-0.3, -0.25) is 9.78 Å². The average molecular weight is 746 g/mol. The molecule has 1 unspecified atom stereocenters. The Morgan fingerprint density at radius 3 is 2.57 bits per heavy atom. The lowest BCUT2D eigenvalue weighted by atomic mass is 9.53. The number of phenols is 1. The fourth-order valence-corrected chi connectivity index (χ4v) is 10.6. The summed E-state index contributed by atoms with van der Waals surface area (Å²) in [6.45, 7) is 3.03. The molecule has 1 amide bonds. The molecule has 0 bridgehead atoms. The number of amides is 1. The summed E-state index contributed by atoms with van der Waals surface area (Å²) < 4.78 is 44.6. The van der Waals surface area contributed by atoms with E-state index in [-0.39, 0.29) is 36.2 Å². The van der Waals surface area contributed by atoms with E-state index in [2.05, 4.69) is 38.9 Å². The second-order valence-electron chi connectivity index (χ2n) is 16.6. The van der Waals surface area contributed by atoms with Crippen molar-refractivity contribution in [2.45, 2.75) is 145 Å². The van der Waals surface area contributed by atoms with E-state index in [1.54, 1.807) is 0 Å². The van der Waals surface area contributed by atoms with Crippen molar-refractivity contribution in [2.75, 3.05) is 18.5 Å². The van der Waals surface area contributed by atoms with Gasteiger partial charge in [-0.25, -0.2) is 4.98 Å². The highest BCUT2D eigenvalue weighted by molar-refractivity contribution is 5.77. The molecule has 53 heavy (non-hydrogen) atoms. The Bertz CT molecular complexity index is 1610. The van der Waals surface area contributed by atoms with Gasteiger partial charge in [-0.2, -0.15) is 13.2 Å². The fraction of sp³-hybridized carbons (Fsp3) is 0.718. The van der Waals surface area contributed by atoms with Gasteiger partial charge in [0.2, 0.25) is 5.91 Å². The lowest BCUT2D eigenvalue weighted by molar-refractivity contribution is -0.152. The van der Waals surface area contributed by atoms with Crippen LogP contribution in [0, 0.1) is 17.3 Å². The Hall–Kier alpha value is -3.04. The highest BCUT2D eigenvalue weighted by Gasteiger charge is 2.61. The van der Waals surface area contributed by atoms with Crippen molar-refractivity contribution in [1.82, 2.24) is 20.6 Å². The van der Waals surface area contributed by atoms with Gasteiger partial charge >= 0.3 is 6.18 Å². The third-order valence-electron chi connectivity index (χ3n) is 13.6. The van der Waals surface area contributed by atoms with Crippen LogP contribution in [0.3, 0.4) is 0 Å². The van der Waals surface area contributed by atoms with E-state index < -0.39 is 41.8 Å². The van der Waals surface area contributed by atoms with Crippen molar-refractivity contribution in [3.05, 3.63) is 47.4 Å². The number of aliphatic hydroxyl groups excluding tert-OH is 2. The van der Waals surface area contributed by atoms with Gasteiger partial charge in [-0.15, -0.1) is 0 Å². The number of phenolic OH excluding ortho intramolecular Hbond substituents is 1. The molecule has 292 valence electrons. The van der Waals surface area contributed by atoms with Gasteiger partial charge in [0.05, 0.1) is 43.2 Å². The van der Waals surface area contributed by atoms with Crippen molar-refractivity contribution in [1.29, 1.82) is 0 Å². The third kappa shape index (κ3) is 7.89. The number of aromatic nitrogens is 2. The minimum atomic E-state index is -4.68. The van der Waals surface area contributed by atoms with E-state index >= 15 is 0 Å². The summed E-state index contributed by atoms with van der Waals surface area (Å²) >= 11 is 0. The van der Waals surface area contributed by atoms with Crippen LogP contribution in [0.15, 0.2) is 30.6 Å². The molecule has 1 aromatic heterocycles. The summed E-state index contributed by atoms with van der Waals surface area (Å²) in [7, 11) is 0. The molecule has 1 aromatic carbocycles. The summed E-state index contributed by atoms with van der Waals surface area (Å²) in [5.74, 6) is 1.47. The molecule has 0 radical (unpaired) electrons. The van der Waals surface area contributed by atoms with E-state index in [0.717, 1.165) is 89.8 Å². The molecular weight excluding hydrogens is 691 g/mol. The number of hydrogen-bond acceptors (Lipinski definition) is 10. The Balaban J connectivity index is 0.806. The number of rotatable bonds is 10. The zero-order valence-electron chi connectivity index (χ0n) is 30.3. The van der Waals surface area contributed by atoms with Crippen LogP contribution in [0.5, 0.6) is 5.75 Å². The molecule has 7 rings (SSSR count). The Kier molecular flexibility index (Phi) is 11.0. The molecule has 0 spiro atoms. The molecule has 2 heterocycles. The number of carbonyl (C=O) groups excluding carboxylic acids is 1. The monoisotopic (exact) mass is 745 g/mol. The summed E-state index contributed by atoms with van der Waals surface area (Å²) in [4.78, 5) is 19.9. The van der Waals surface area contributed by atoms with Crippen molar-refractivity contribution >= 4 is 11.7 Å². The highest BCUT2D eigenvalue weighted by Crippen LogP contribution is 2.65. The van der Waals surface area contributed by atoms with E-state index in [4.69, 9.17) is 4.74 Å². The molecule has 2 aromatic rings. The van der Waals surface area contributed by atoms with Gasteiger partial charge in [-0.1, -0.05) is 13.0 Å². The molecule has 1 saturated heterocycles. The van der Waals surface area contributed by atoms with E-state index in [1.807, 2.05) is 12.1 Å². The van der Waals surface area contributed by atoms with E-state index in [9.17, 15) is 38.4 Å². The molecule has 3 saturated carbocycles. The number of aromatic hydroxyl groups is 1. The number of alkyl halides is 3. The fourth-order valence-electron chi connectivity index (χ4n) is 10.6. The molecule has 7 N–H and O–H groups in total. The van der Waals surface area contributed by atoms with Crippen LogP contribution in [0.1, 0.15) is 107 Å². The first-order chi connectivity index (χ1) is 25.2. The minimum Gasteiger partial charge on any atom is -0.508 e. The zero-order chi connectivity index (χ0) is 37.5. The molecule has 5 aliphatic rings. The number of nitrogens with one attached hydrogen (secondary N) is 3. The first-order valence-electron chi connectivity index (χ1n) is 19.4. The first-order valence-corrected chi connectivity index (χ1v) is 19.4. The molecule has 1 aliphatic heterocycles. The number of nitrogens with zero attached hydrogens (tertiary/aromatic N) is 2. The van der Waals surface area contributed by atoms with Crippen LogP contribution in [0.25, 0.3) is 0 Å². The second kappa shape index (κ2) is 15.2. The summed E-state index contributed by atoms with van der Waals surface area (Å²) in [6, 6.07) is 5.28. The largest absolute Gasteiger partial charge is 0.508 e. The Morgan fingerprint density at radius 2 is 1.79 bits per heavy atom. The predicted molar refractivity (Wildman–Crippen MR) is 190 cm³/mol. The van der Waals surface area contributed by atoms with Crippen LogP contribution in [0.4, 0.5) is 19.0 Å². The number of ether oxygens (including phenoxy) is 1. The minimum absolute atomic E-state index is 0.0104. The molecule has 14 heteroatoms. The quantitative estimate of drug-likeness (QED) is 0.171. The number of aliphatic hydroxyl groups is 3. The number of benzene rings is 1. The average Bonchev–Trinajstić information content (AvgIpc) is 3.40. The van der Waals surface area contributed by atoms with Crippen LogP contribution < -0.4 is 16.0 Å². The molecular formula is C39H54F3N5O6. The zero-order valence-corrected chi connectivity index (χ0v) is 30.3. The first kappa shape index (κ1) is 38.2. The number of aryl methyl sites for hydroxylation is 1. The Morgan fingerprint density at radius 1 is 1.02 bits per heavy atom. The summed E-state index contributed by atoms with van der Waals surface area (Å²) in [6.07, 6.45) is 4.35. The molecule has 9 atom stereocenters. The molecule has 4 aliphatic carbocycles. The van der Waals surface area contributed by atoms with Crippen LogP contribution in [0.2, 0.25) is 0 Å². The maximum absolute atomic E-state index is 13.0. The Labute approximate surface area is 308 Å². The summed E-state index contributed by atoms with van der Waals surface area (Å²) in [5, 5.41) is 52.8. The predicted octanol–water partition coefficient (Wildman–Crippen LogP) is 4.58. The second-order valence-corrected chi connectivity index (χ2v) is 16.6. The van der Waals surface area contributed by atoms with Gasteiger partial charge in [0.25, 0.3) is 0 Å². The standard InChI is InChI=1S/C39H54F3N5O6/c1-37-14-11-27-26-10-8-25(48)17-22(26)3-9-28(27)29(37)12-15-38(37,52)13-2-16-44-23-4-6-24(7-5-23)45-34(49)18-31-36(51)35(50)30(21-53-31)46-33-20-43-19-32(47-33)39(40,41)42/h8,10,17,19-20,23-24,27-31,35-36,44,48,50-52H,2-7,9,11-16,18,21H2,1H3,(H,45,49)(H,46,47)/t23?,24?,27?,28-,29+,30+,31-,35-,36+,37+,38+/m1/s1. The maximum atomic E-state index is 13.0. The van der Waals surface area contributed by atoms with Crippen LogP contribution in [-0.2, 0) is 22.1 Å². The van der Waals surface area contributed by atoms with E-state index in [1.165, 1.54) is 11.1 Å². The summed E-state index contributed by atoms with van der Waals surface area (Å²) in [5.41, 5.74) is 0.792. The van der Waals surface area contributed by atoms with Crippen molar-refractivity contribution < 1.29 is 43.1 Å². The number of hydrogen-bond donors (Lipinski definition) is 7. The van der Waals surface area contributed by atoms with Crippen molar-refractivity contribution in [3.63, 3.8) is 0 Å². The number of carbonyl (C=O) groups is 1. The van der Waals surface area contributed by atoms with Crippen molar-refractivity contribution in [2.24, 2.45) is 17.3 Å². The van der Waals surface area contributed by atoms with Gasteiger partial charge in [-0.05, 0) is 130 Å². The maximum Gasteiger partial charge on any atom is 0.434 e. The van der Waals surface area contributed by atoms with Gasteiger partial charge in [0, 0.05) is 12.1 Å². The molecule has 11 nitrogen and oxygen atoms in total. The van der Waals surface area contributed by atoms with Gasteiger partial charge in [0.1, 0.15) is 23.8 Å². The van der Waals surface area contributed by atoms with Gasteiger partial charge in [0.15, 0.2) is 5.69 Å². The lowest BCUT2D eigenvalue weighted by Gasteiger charge is -2.53. The third-order valence-corrected chi connectivity index (χ3v) is 13.6. The number of halogens is 3. The number of fused-ring (bicyclic) bond motifs is 5. The smallest absolute Gasteiger partial charge is 0.434 e. The van der Waals surface area contributed by atoms with Gasteiger partial charge < -0.3 is 41.1 Å². The molecule has 4 fully saturated rings. The highest BCUT2D eigenvalue weighted by atomic mass is 19.4. The SMILES string of the molecule is C[C@]12CCC3c4ccc(O)cc4CC[C@H]3[C@@H]1CC[C@@]2(O)CCCNC1CCC(NC(=O)C[C@H]2OC[C@H](Nc3cncc(C(F)(F)F)n3)[C@@H](O)[C@H]2O)CC1. The van der Waals surface area contributed by atoms with Crippen LogP contribution >= 0.6 is 0 Å². The van der Waals surface area contributed by atoms with Crippen molar-refractivity contribution in [3.8, 4) is 5.75 Å². The normalized spacial score (nSPS) is 36.9.